The lowest BCUT2D eigenvalue weighted by atomic mass is 10.5. The first-order chi connectivity index (χ1) is 6.93. The maximum absolute atomic E-state index is 4.15. The fourth-order valence-electron chi connectivity index (χ4n) is 1.62. The van der Waals surface area contributed by atoms with Crippen LogP contribution < -0.4 is 10.4 Å². The zero-order valence-electron chi connectivity index (χ0n) is 7.47. The Kier molecular flexibility index (Phi) is 1.88. The van der Waals surface area contributed by atoms with Crippen LogP contribution in [0.25, 0.3) is 0 Å². The van der Waals surface area contributed by atoms with Gasteiger partial charge in [-0.15, -0.1) is 0 Å². The predicted molar refractivity (Wildman–Crippen MR) is 60.4 cm³/mol. The third kappa shape index (κ3) is 1.27. The molecule has 0 saturated carbocycles. The van der Waals surface area contributed by atoms with Crippen LogP contribution in [0.3, 0.4) is 0 Å². The minimum Gasteiger partial charge on any atom is -0.264 e. The fraction of sp³-hybridized carbons (Fsp3) is 0. The largest absolute Gasteiger partial charge is 0.264 e. The average molecular weight is 216 g/mol. The minimum atomic E-state index is -0.296. The Labute approximate surface area is 88.6 Å². The molecule has 0 bridgehead atoms. The summed E-state index contributed by atoms with van der Waals surface area (Å²) in [6, 6.07) is 4.30. The lowest BCUT2D eigenvalue weighted by Crippen LogP contribution is -2.33. The summed E-state index contributed by atoms with van der Waals surface area (Å²) in [5.41, 5.74) is 0. The molecular weight excluding hydrogens is 208 g/mol. The van der Waals surface area contributed by atoms with Crippen LogP contribution in [0.1, 0.15) is 0 Å². The van der Waals surface area contributed by atoms with Crippen molar-refractivity contribution >= 4 is 31.7 Å². The van der Waals surface area contributed by atoms with E-state index in [1.54, 1.807) is 11.8 Å². The Morgan fingerprint density at radius 3 is 2.07 bits per heavy atom. The van der Waals surface area contributed by atoms with Gasteiger partial charge in [-0.1, -0.05) is 11.8 Å². The average Bonchev–Trinajstić information content (AvgIpc) is 2.26. The Hall–Kier alpha value is -1.13. The van der Waals surface area contributed by atoms with Gasteiger partial charge >= 0.3 is 0 Å². The summed E-state index contributed by atoms with van der Waals surface area (Å²) in [6.07, 6.45) is 7.70. The second-order valence-electron chi connectivity index (χ2n) is 3.25. The number of pyridine rings is 2. The van der Waals surface area contributed by atoms with Crippen LogP contribution in [0.4, 0.5) is 0 Å². The van der Waals surface area contributed by atoms with Crippen molar-refractivity contribution in [3.8, 4) is 0 Å². The molecule has 68 valence electrons. The molecule has 0 saturated heterocycles. The van der Waals surface area contributed by atoms with Crippen LogP contribution in [0.5, 0.6) is 0 Å². The fourth-order valence-corrected chi connectivity index (χ4v) is 4.73. The predicted octanol–water partition coefficient (Wildman–Crippen LogP) is 0.0608. The topological polar surface area (TPSA) is 25.8 Å². The monoisotopic (exact) mass is 216 g/mol. The molecule has 3 rings (SSSR count). The van der Waals surface area contributed by atoms with Crippen LogP contribution in [0.15, 0.2) is 46.7 Å². The van der Waals surface area contributed by atoms with E-state index in [0.717, 1.165) is 0 Å². The quantitative estimate of drug-likeness (QED) is 0.497. The standard InChI is InChI=1S/C10H8N2SSi/c1-3-11-5-7-9(1)14-10-2-4-12-6-8(10)13-7/h1-6H,14H2. The van der Waals surface area contributed by atoms with E-state index in [9.17, 15) is 0 Å². The van der Waals surface area contributed by atoms with Gasteiger partial charge < -0.3 is 0 Å². The minimum absolute atomic E-state index is 0.296. The molecule has 0 fully saturated rings. The summed E-state index contributed by atoms with van der Waals surface area (Å²) in [4.78, 5) is 10.9. The Balaban J connectivity index is 2.12. The van der Waals surface area contributed by atoms with Gasteiger partial charge in [0.25, 0.3) is 0 Å². The number of fused-ring (bicyclic) bond motifs is 2. The van der Waals surface area contributed by atoms with Crippen molar-refractivity contribution < 1.29 is 0 Å². The summed E-state index contributed by atoms with van der Waals surface area (Å²) >= 11 is 1.79. The van der Waals surface area contributed by atoms with E-state index in [0.29, 0.717) is 0 Å². The third-order valence-electron chi connectivity index (χ3n) is 2.34. The van der Waals surface area contributed by atoms with Crippen molar-refractivity contribution in [1.82, 2.24) is 9.97 Å². The molecule has 3 heterocycles. The van der Waals surface area contributed by atoms with Gasteiger partial charge in [-0.05, 0) is 22.5 Å². The van der Waals surface area contributed by atoms with Crippen LogP contribution in [-0.2, 0) is 0 Å². The maximum atomic E-state index is 4.15. The second kappa shape index (κ2) is 3.22. The number of hydrogen-bond donors (Lipinski definition) is 0. The van der Waals surface area contributed by atoms with E-state index in [1.165, 1.54) is 20.2 Å². The summed E-state index contributed by atoms with van der Waals surface area (Å²) in [6.45, 7) is 0. The van der Waals surface area contributed by atoms with Crippen LogP contribution in [0, 0.1) is 0 Å². The molecule has 2 nitrogen and oxygen atoms in total. The van der Waals surface area contributed by atoms with E-state index in [1.807, 2.05) is 24.8 Å². The summed E-state index contributed by atoms with van der Waals surface area (Å²) in [5, 5.41) is 3.01. The van der Waals surface area contributed by atoms with Gasteiger partial charge in [0.15, 0.2) is 0 Å². The van der Waals surface area contributed by atoms with E-state index in [4.69, 9.17) is 0 Å². The van der Waals surface area contributed by atoms with Crippen molar-refractivity contribution in [2.75, 3.05) is 0 Å². The number of nitrogens with zero attached hydrogens (tertiary/aromatic N) is 2. The Morgan fingerprint density at radius 2 is 1.50 bits per heavy atom. The molecule has 0 atom stereocenters. The van der Waals surface area contributed by atoms with Gasteiger partial charge in [0.05, 0.1) is 9.52 Å². The number of rotatable bonds is 0. The molecule has 14 heavy (non-hydrogen) atoms. The van der Waals surface area contributed by atoms with Crippen molar-refractivity contribution in [3.63, 3.8) is 0 Å². The molecule has 1 aliphatic heterocycles. The highest BCUT2D eigenvalue weighted by atomic mass is 32.2. The Morgan fingerprint density at radius 1 is 0.929 bits per heavy atom. The van der Waals surface area contributed by atoms with Crippen LogP contribution in [-0.4, -0.2) is 19.5 Å². The van der Waals surface area contributed by atoms with Gasteiger partial charge in [-0.25, -0.2) is 0 Å². The lowest BCUT2D eigenvalue weighted by molar-refractivity contribution is 1.23. The van der Waals surface area contributed by atoms with Crippen molar-refractivity contribution in [2.45, 2.75) is 9.79 Å². The van der Waals surface area contributed by atoms with Crippen molar-refractivity contribution in [3.05, 3.63) is 36.9 Å². The van der Waals surface area contributed by atoms with E-state index >= 15 is 0 Å². The first kappa shape index (κ1) is 8.20. The molecule has 0 aromatic carbocycles. The zero-order chi connectivity index (χ0) is 9.38. The first-order valence-corrected chi connectivity index (χ1v) is 6.70. The van der Waals surface area contributed by atoms with Gasteiger partial charge in [0, 0.05) is 34.6 Å². The summed E-state index contributed by atoms with van der Waals surface area (Å²) in [5.74, 6) is 0. The molecule has 0 radical (unpaired) electrons. The second-order valence-corrected chi connectivity index (χ2v) is 6.21. The van der Waals surface area contributed by atoms with Crippen LogP contribution >= 0.6 is 11.8 Å². The smallest absolute Gasteiger partial charge is 0.0907 e. The maximum Gasteiger partial charge on any atom is 0.0907 e. The van der Waals surface area contributed by atoms with Gasteiger partial charge in [0.1, 0.15) is 0 Å². The molecular formula is C10H8N2SSi. The molecule has 0 N–H and O–H groups in total. The number of aromatic nitrogens is 2. The summed E-state index contributed by atoms with van der Waals surface area (Å²) < 4.78 is 0. The zero-order valence-corrected chi connectivity index (χ0v) is 9.70. The highest BCUT2D eigenvalue weighted by Gasteiger charge is 2.15. The van der Waals surface area contributed by atoms with Gasteiger partial charge in [-0.2, -0.15) is 0 Å². The highest BCUT2D eigenvalue weighted by Crippen LogP contribution is 2.25. The Bertz CT molecular complexity index is 400. The number of hydrogen-bond acceptors (Lipinski definition) is 3. The van der Waals surface area contributed by atoms with Gasteiger partial charge in [0.2, 0.25) is 0 Å². The van der Waals surface area contributed by atoms with Crippen molar-refractivity contribution in [1.29, 1.82) is 0 Å². The van der Waals surface area contributed by atoms with Crippen molar-refractivity contribution in [2.24, 2.45) is 0 Å². The van der Waals surface area contributed by atoms with Gasteiger partial charge in [-0.3, -0.25) is 9.97 Å². The normalized spacial score (nSPS) is 13.1. The lowest BCUT2D eigenvalue weighted by Gasteiger charge is -2.16. The van der Waals surface area contributed by atoms with E-state index < -0.39 is 0 Å². The molecule has 4 heteroatoms. The van der Waals surface area contributed by atoms with E-state index in [2.05, 4.69) is 22.1 Å². The van der Waals surface area contributed by atoms with E-state index in [-0.39, 0.29) is 9.52 Å². The SMILES string of the molecule is c1cc2c(cn1)Sc1cnccc1[SiH2]2. The molecule has 0 amide bonds. The molecule has 1 aliphatic rings. The molecule has 2 aromatic heterocycles. The molecule has 0 aliphatic carbocycles. The molecule has 0 spiro atoms. The first-order valence-electron chi connectivity index (χ1n) is 4.47. The highest BCUT2D eigenvalue weighted by molar-refractivity contribution is 8.00. The third-order valence-corrected chi connectivity index (χ3v) is 6.02. The van der Waals surface area contributed by atoms with Crippen LogP contribution in [0.2, 0.25) is 0 Å². The molecule has 2 aromatic rings. The summed E-state index contributed by atoms with van der Waals surface area (Å²) in [7, 11) is -0.296. The molecule has 0 unspecified atom stereocenters.